The van der Waals surface area contributed by atoms with Crippen molar-refractivity contribution >= 4 is 5.97 Å². The highest BCUT2D eigenvalue weighted by Crippen LogP contribution is 2.61. The van der Waals surface area contributed by atoms with Crippen LogP contribution in [0.1, 0.15) is 56.3 Å². The van der Waals surface area contributed by atoms with Gasteiger partial charge in [-0.3, -0.25) is 4.90 Å². The zero-order valence-electron chi connectivity index (χ0n) is 19.7. The summed E-state index contributed by atoms with van der Waals surface area (Å²) in [5.41, 5.74) is -0.520. The smallest absolute Gasteiger partial charge is 0.338 e. The van der Waals surface area contributed by atoms with Crippen LogP contribution in [0.5, 0.6) is 5.75 Å². The van der Waals surface area contributed by atoms with Crippen molar-refractivity contribution in [3.8, 4) is 5.75 Å². The number of ether oxygens (including phenoxy) is 3. The van der Waals surface area contributed by atoms with E-state index in [4.69, 9.17) is 14.2 Å². The van der Waals surface area contributed by atoms with E-state index in [9.17, 15) is 13.6 Å². The van der Waals surface area contributed by atoms with Crippen LogP contribution < -0.4 is 4.74 Å². The van der Waals surface area contributed by atoms with Crippen LogP contribution >= 0.6 is 0 Å². The fourth-order valence-electron chi connectivity index (χ4n) is 7.27. The van der Waals surface area contributed by atoms with Crippen LogP contribution in [0.25, 0.3) is 0 Å². The molecule has 1 aromatic carbocycles. The van der Waals surface area contributed by atoms with Crippen molar-refractivity contribution < 1.29 is 27.8 Å². The molecule has 5 aliphatic rings. The highest BCUT2D eigenvalue weighted by atomic mass is 19.2. The zero-order chi connectivity index (χ0) is 23.2. The van der Waals surface area contributed by atoms with Gasteiger partial charge in [0.15, 0.2) is 11.6 Å². The third kappa shape index (κ3) is 4.27. The van der Waals surface area contributed by atoms with E-state index < -0.39 is 23.2 Å². The van der Waals surface area contributed by atoms with Gasteiger partial charge in [0, 0.05) is 19.6 Å². The average molecular weight is 464 g/mol. The molecule has 0 atom stereocenters. The van der Waals surface area contributed by atoms with E-state index in [2.05, 4.69) is 18.7 Å². The number of rotatable bonds is 7. The topological polar surface area (TPSA) is 48.0 Å². The van der Waals surface area contributed by atoms with Gasteiger partial charge < -0.3 is 14.2 Å². The lowest BCUT2D eigenvalue weighted by molar-refractivity contribution is -0.180. The molecule has 6 rings (SSSR count). The van der Waals surface area contributed by atoms with Crippen LogP contribution in [0.2, 0.25) is 0 Å². The van der Waals surface area contributed by atoms with Gasteiger partial charge in [-0.2, -0.15) is 4.39 Å². The predicted octanol–water partition coefficient (Wildman–Crippen LogP) is 4.68. The number of carbonyl (C=O) groups is 1. The summed E-state index contributed by atoms with van der Waals surface area (Å²) in [4.78, 5) is 14.8. The van der Waals surface area contributed by atoms with E-state index in [0.717, 1.165) is 56.7 Å². The third-order valence-corrected chi connectivity index (χ3v) is 8.58. The zero-order valence-corrected chi connectivity index (χ0v) is 19.7. The van der Waals surface area contributed by atoms with Crippen LogP contribution in [0, 0.1) is 41.2 Å². The number of hydrogen-bond donors (Lipinski definition) is 0. The summed E-state index contributed by atoms with van der Waals surface area (Å²) in [5.74, 6) is -0.578. The molecule has 1 aromatic rings. The standard InChI is InChI=1S/C26H35F2NO4/c1-16(2)26(20-10-17-9-18(12-20)13-21(26)11-17)33-23-15-19(14-22(27)24(23)28)25(30)32-8-5-29-3-6-31-7-4-29/h14-18,20-21H,3-13H2,1-2H3. The van der Waals surface area contributed by atoms with E-state index in [1.54, 1.807) is 0 Å². The second kappa shape index (κ2) is 9.14. The number of nitrogens with zero attached hydrogens (tertiary/aromatic N) is 1. The molecule has 5 nitrogen and oxygen atoms in total. The van der Waals surface area contributed by atoms with Gasteiger partial charge in [0.2, 0.25) is 5.82 Å². The monoisotopic (exact) mass is 463 g/mol. The minimum absolute atomic E-state index is 0.00593. The number of halogens is 2. The number of esters is 1. The Kier molecular flexibility index (Phi) is 6.38. The summed E-state index contributed by atoms with van der Waals surface area (Å²) >= 11 is 0. The molecule has 0 spiro atoms. The summed E-state index contributed by atoms with van der Waals surface area (Å²) in [6.45, 7) is 7.95. The fourth-order valence-corrected chi connectivity index (χ4v) is 7.27. The summed E-state index contributed by atoms with van der Waals surface area (Å²) in [6.07, 6.45) is 5.68. The van der Waals surface area contributed by atoms with Crippen molar-refractivity contribution in [2.45, 2.75) is 51.6 Å². The molecule has 0 radical (unpaired) electrons. The van der Waals surface area contributed by atoms with E-state index in [1.165, 1.54) is 12.5 Å². The van der Waals surface area contributed by atoms with Gasteiger partial charge in [-0.15, -0.1) is 0 Å². The highest BCUT2D eigenvalue weighted by Gasteiger charge is 2.60. The lowest BCUT2D eigenvalue weighted by Crippen LogP contribution is -2.63. The Morgan fingerprint density at radius 1 is 1.09 bits per heavy atom. The molecular formula is C26H35F2NO4. The van der Waals surface area contributed by atoms with Gasteiger partial charge in [0.25, 0.3) is 0 Å². The Labute approximate surface area is 194 Å². The Bertz CT molecular complexity index is 855. The molecule has 33 heavy (non-hydrogen) atoms. The van der Waals surface area contributed by atoms with Crippen molar-refractivity contribution in [2.24, 2.45) is 29.6 Å². The van der Waals surface area contributed by atoms with Crippen molar-refractivity contribution in [3.05, 3.63) is 29.3 Å². The molecule has 182 valence electrons. The number of benzene rings is 1. The van der Waals surface area contributed by atoms with E-state index in [0.29, 0.717) is 31.6 Å². The van der Waals surface area contributed by atoms with Crippen LogP contribution in [-0.2, 0) is 9.47 Å². The van der Waals surface area contributed by atoms with Crippen LogP contribution in [0.3, 0.4) is 0 Å². The predicted molar refractivity (Wildman–Crippen MR) is 119 cm³/mol. The first-order chi connectivity index (χ1) is 15.9. The normalized spacial score (nSPS) is 33.5. The quantitative estimate of drug-likeness (QED) is 0.550. The minimum atomic E-state index is -1.07. The van der Waals surface area contributed by atoms with Crippen LogP contribution in [0.15, 0.2) is 12.1 Å². The SMILES string of the molecule is CC(C)C1(Oc2cc(C(=O)OCCN3CCOCC3)cc(F)c2F)C2CC3CC(C2)CC1C3. The third-order valence-electron chi connectivity index (χ3n) is 8.58. The highest BCUT2D eigenvalue weighted by molar-refractivity contribution is 5.90. The van der Waals surface area contributed by atoms with E-state index in [-0.39, 0.29) is 23.8 Å². The first-order valence-electron chi connectivity index (χ1n) is 12.5. The second-order valence-electron chi connectivity index (χ2n) is 10.8. The first-order valence-corrected chi connectivity index (χ1v) is 12.5. The number of morpholine rings is 1. The van der Waals surface area contributed by atoms with Gasteiger partial charge in [0.1, 0.15) is 12.2 Å². The Balaban J connectivity index is 1.33. The molecule has 7 heteroatoms. The lowest BCUT2D eigenvalue weighted by Gasteiger charge is -2.62. The number of hydrogen-bond acceptors (Lipinski definition) is 5. The summed E-state index contributed by atoms with van der Waals surface area (Å²) < 4.78 is 46.7. The molecule has 4 bridgehead atoms. The molecule has 0 N–H and O–H groups in total. The van der Waals surface area contributed by atoms with Crippen LogP contribution in [0.4, 0.5) is 8.78 Å². The molecular weight excluding hydrogens is 428 g/mol. The Morgan fingerprint density at radius 2 is 1.73 bits per heavy atom. The van der Waals surface area contributed by atoms with Gasteiger partial charge in [-0.25, -0.2) is 9.18 Å². The van der Waals surface area contributed by atoms with Crippen molar-refractivity contribution in [3.63, 3.8) is 0 Å². The van der Waals surface area contributed by atoms with E-state index in [1.807, 2.05) is 0 Å². The van der Waals surface area contributed by atoms with Gasteiger partial charge in [-0.05, 0) is 73.8 Å². The Hall–Kier alpha value is -1.73. The lowest BCUT2D eigenvalue weighted by atomic mass is 9.47. The fraction of sp³-hybridized carbons (Fsp3) is 0.731. The molecule has 5 fully saturated rings. The summed E-state index contributed by atoms with van der Waals surface area (Å²) in [7, 11) is 0. The largest absolute Gasteiger partial charge is 0.483 e. The summed E-state index contributed by atoms with van der Waals surface area (Å²) in [6, 6.07) is 2.25. The van der Waals surface area contributed by atoms with Gasteiger partial charge in [0.05, 0.1) is 18.8 Å². The second-order valence-corrected chi connectivity index (χ2v) is 10.8. The molecule has 0 unspecified atom stereocenters. The molecule has 4 aliphatic carbocycles. The molecule has 0 aromatic heterocycles. The minimum Gasteiger partial charge on any atom is -0.483 e. The summed E-state index contributed by atoms with van der Waals surface area (Å²) in [5, 5.41) is 0. The number of carbonyl (C=O) groups excluding carboxylic acids is 1. The maximum Gasteiger partial charge on any atom is 0.338 e. The van der Waals surface area contributed by atoms with Crippen molar-refractivity contribution in [2.75, 3.05) is 39.5 Å². The van der Waals surface area contributed by atoms with Crippen molar-refractivity contribution in [1.29, 1.82) is 0 Å². The molecule has 1 aliphatic heterocycles. The van der Waals surface area contributed by atoms with Crippen LogP contribution in [-0.4, -0.2) is 55.9 Å². The molecule has 4 saturated carbocycles. The van der Waals surface area contributed by atoms with Crippen molar-refractivity contribution in [1.82, 2.24) is 4.90 Å². The maximum absolute atomic E-state index is 14.9. The van der Waals surface area contributed by atoms with Gasteiger partial charge >= 0.3 is 5.97 Å². The molecule has 0 amide bonds. The molecule has 1 heterocycles. The Morgan fingerprint density at radius 3 is 2.33 bits per heavy atom. The first kappa shape index (κ1) is 23.0. The average Bonchev–Trinajstić information content (AvgIpc) is 2.79. The maximum atomic E-state index is 14.9. The molecule has 1 saturated heterocycles. The van der Waals surface area contributed by atoms with Gasteiger partial charge in [-0.1, -0.05) is 13.8 Å². The van der Waals surface area contributed by atoms with E-state index >= 15 is 0 Å².